The number of hydrogen-bond donors (Lipinski definition) is 0. The van der Waals surface area contributed by atoms with E-state index in [0.717, 1.165) is 39.8 Å². The van der Waals surface area contributed by atoms with Crippen molar-refractivity contribution in [2.45, 2.75) is 20.0 Å². The van der Waals surface area contributed by atoms with Crippen molar-refractivity contribution >= 4 is 45.4 Å². The fourth-order valence-corrected chi connectivity index (χ4v) is 5.83. The fraction of sp³-hybridized carbons (Fsp3) is 0.111. The van der Waals surface area contributed by atoms with Gasteiger partial charge in [-0.25, -0.2) is 4.99 Å². The SMILES string of the molecule is Cc1ccc(N=C2S/C(=C/c3c(OCc4ccccc4)ccc4ccccc34)C(=O)N2CCc2ccccc2)cc1. The number of rotatable bonds is 8. The van der Waals surface area contributed by atoms with Crippen LogP contribution in [0.4, 0.5) is 5.69 Å². The Hall–Kier alpha value is -4.61. The number of carbonyl (C=O) groups is 1. The van der Waals surface area contributed by atoms with Gasteiger partial charge in [0.15, 0.2) is 5.17 Å². The standard InChI is InChI=1S/C36H30N2O2S/c1-26-16-19-30(20-17-26)37-36-38(23-22-27-10-4-2-5-11-27)35(39)34(41-36)24-32-31-15-9-8-14-29(31)18-21-33(32)40-25-28-12-6-3-7-13-28/h2-21,24H,22-23,25H2,1H3/b34-24+,37-36?. The van der Waals surface area contributed by atoms with Crippen LogP contribution in [0, 0.1) is 6.92 Å². The van der Waals surface area contributed by atoms with E-state index < -0.39 is 0 Å². The van der Waals surface area contributed by atoms with E-state index in [1.165, 1.54) is 22.9 Å². The minimum Gasteiger partial charge on any atom is -0.488 e. The highest BCUT2D eigenvalue weighted by Crippen LogP contribution is 2.38. The van der Waals surface area contributed by atoms with Crippen molar-refractivity contribution in [1.82, 2.24) is 4.90 Å². The third-order valence-electron chi connectivity index (χ3n) is 7.06. The molecule has 0 bridgehead atoms. The van der Waals surface area contributed by atoms with Gasteiger partial charge in [-0.15, -0.1) is 0 Å². The smallest absolute Gasteiger partial charge is 0.266 e. The van der Waals surface area contributed by atoms with E-state index in [0.29, 0.717) is 23.2 Å². The first kappa shape index (κ1) is 26.6. The number of fused-ring (bicyclic) bond motifs is 1. The third-order valence-corrected chi connectivity index (χ3v) is 8.06. The maximum Gasteiger partial charge on any atom is 0.266 e. The molecular weight excluding hydrogens is 524 g/mol. The Morgan fingerprint density at radius 3 is 2.22 bits per heavy atom. The molecule has 0 spiro atoms. The maximum atomic E-state index is 13.9. The molecule has 41 heavy (non-hydrogen) atoms. The summed E-state index contributed by atoms with van der Waals surface area (Å²) in [7, 11) is 0. The van der Waals surface area contributed by atoms with Gasteiger partial charge in [0.05, 0.1) is 10.6 Å². The zero-order valence-corrected chi connectivity index (χ0v) is 23.7. The van der Waals surface area contributed by atoms with Crippen molar-refractivity contribution in [2.75, 3.05) is 6.54 Å². The van der Waals surface area contributed by atoms with E-state index in [1.807, 2.05) is 97.1 Å². The molecular formula is C36H30N2O2S. The number of amidine groups is 1. The van der Waals surface area contributed by atoms with Gasteiger partial charge in [-0.05, 0) is 71.3 Å². The van der Waals surface area contributed by atoms with Crippen LogP contribution in [0.2, 0.25) is 0 Å². The molecule has 1 amide bonds. The first-order chi connectivity index (χ1) is 20.1. The van der Waals surface area contributed by atoms with Gasteiger partial charge in [-0.2, -0.15) is 0 Å². The van der Waals surface area contributed by atoms with E-state index in [4.69, 9.17) is 9.73 Å². The van der Waals surface area contributed by atoms with Crippen LogP contribution in [0.3, 0.4) is 0 Å². The highest BCUT2D eigenvalue weighted by molar-refractivity contribution is 8.18. The molecule has 1 aliphatic heterocycles. The first-order valence-electron chi connectivity index (χ1n) is 13.7. The molecule has 0 aromatic heterocycles. The predicted molar refractivity (Wildman–Crippen MR) is 170 cm³/mol. The number of aryl methyl sites for hydroxylation is 1. The first-order valence-corrected chi connectivity index (χ1v) is 14.5. The van der Waals surface area contributed by atoms with Crippen molar-refractivity contribution in [3.63, 3.8) is 0 Å². The van der Waals surface area contributed by atoms with Crippen LogP contribution in [0.1, 0.15) is 22.3 Å². The molecule has 5 heteroatoms. The van der Waals surface area contributed by atoms with E-state index in [1.54, 1.807) is 4.90 Å². The number of aliphatic imine (C=N–C) groups is 1. The number of hydrogen-bond acceptors (Lipinski definition) is 4. The lowest BCUT2D eigenvalue weighted by Gasteiger charge is -2.16. The molecule has 5 aromatic rings. The summed E-state index contributed by atoms with van der Waals surface area (Å²) in [6.07, 6.45) is 2.72. The van der Waals surface area contributed by atoms with E-state index in [9.17, 15) is 4.79 Å². The second-order valence-corrected chi connectivity index (χ2v) is 11.0. The minimum atomic E-state index is -0.0428. The summed E-state index contributed by atoms with van der Waals surface area (Å²) in [5.74, 6) is 0.701. The number of ether oxygens (including phenoxy) is 1. The third kappa shape index (κ3) is 6.26. The summed E-state index contributed by atoms with van der Waals surface area (Å²) in [5, 5.41) is 2.82. The normalized spacial score (nSPS) is 15.2. The summed E-state index contributed by atoms with van der Waals surface area (Å²) in [4.78, 5) is 21.3. The van der Waals surface area contributed by atoms with E-state index >= 15 is 0 Å². The summed E-state index contributed by atoms with van der Waals surface area (Å²) in [6, 6.07) is 40.7. The van der Waals surface area contributed by atoms with Crippen LogP contribution in [-0.2, 0) is 17.8 Å². The van der Waals surface area contributed by atoms with E-state index in [2.05, 4.69) is 37.3 Å². The second kappa shape index (κ2) is 12.3. The molecule has 5 aromatic carbocycles. The molecule has 202 valence electrons. The van der Waals surface area contributed by atoms with Gasteiger partial charge in [0.1, 0.15) is 12.4 Å². The number of benzene rings is 5. The Morgan fingerprint density at radius 1 is 0.780 bits per heavy atom. The summed E-state index contributed by atoms with van der Waals surface area (Å²) < 4.78 is 6.33. The molecule has 0 atom stereocenters. The summed E-state index contributed by atoms with van der Waals surface area (Å²) >= 11 is 1.42. The minimum absolute atomic E-state index is 0.0428. The highest BCUT2D eigenvalue weighted by Gasteiger charge is 2.33. The largest absolute Gasteiger partial charge is 0.488 e. The molecule has 0 unspecified atom stereocenters. The molecule has 4 nitrogen and oxygen atoms in total. The Labute approximate surface area is 245 Å². The van der Waals surface area contributed by atoms with Gasteiger partial charge in [-0.1, -0.05) is 109 Å². The van der Waals surface area contributed by atoms with Gasteiger partial charge in [0.2, 0.25) is 0 Å². The van der Waals surface area contributed by atoms with Gasteiger partial charge >= 0.3 is 0 Å². The van der Waals surface area contributed by atoms with Gasteiger partial charge in [0.25, 0.3) is 5.91 Å². The molecule has 6 rings (SSSR count). The zero-order chi connectivity index (χ0) is 28.0. The van der Waals surface area contributed by atoms with Gasteiger partial charge in [-0.3, -0.25) is 9.69 Å². The number of nitrogens with zero attached hydrogens (tertiary/aromatic N) is 2. The van der Waals surface area contributed by atoms with Crippen molar-refractivity contribution in [2.24, 2.45) is 4.99 Å². The van der Waals surface area contributed by atoms with Crippen LogP contribution in [0.25, 0.3) is 16.8 Å². The lowest BCUT2D eigenvalue weighted by atomic mass is 10.0. The van der Waals surface area contributed by atoms with Crippen molar-refractivity contribution in [3.05, 3.63) is 148 Å². The Kier molecular flexibility index (Phi) is 7.97. The Morgan fingerprint density at radius 2 is 1.46 bits per heavy atom. The molecule has 1 heterocycles. The average Bonchev–Trinajstić information content (AvgIpc) is 3.30. The highest BCUT2D eigenvalue weighted by atomic mass is 32.2. The van der Waals surface area contributed by atoms with Crippen LogP contribution in [0.5, 0.6) is 5.75 Å². The molecule has 0 N–H and O–H groups in total. The van der Waals surface area contributed by atoms with Crippen molar-refractivity contribution in [3.8, 4) is 5.75 Å². The molecule has 1 fully saturated rings. The lowest BCUT2D eigenvalue weighted by molar-refractivity contribution is -0.122. The van der Waals surface area contributed by atoms with Crippen LogP contribution in [0.15, 0.2) is 131 Å². The van der Waals surface area contributed by atoms with E-state index in [-0.39, 0.29) is 5.91 Å². The molecule has 1 saturated heterocycles. The molecule has 0 radical (unpaired) electrons. The van der Waals surface area contributed by atoms with Crippen molar-refractivity contribution in [1.29, 1.82) is 0 Å². The monoisotopic (exact) mass is 554 g/mol. The molecule has 0 aliphatic carbocycles. The zero-order valence-electron chi connectivity index (χ0n) is 22.9. The average molecular weight is 555 g/mol. The number of carbonyl (C=O) groups excluding carboxylic acids is 1. The second-order valence-electron chi connectivity index (χ2n) is 10.0. The summed E-state index contributed by atoms with van der Waals surface area (Å²) in [5.41, 5.74) is 5.17. The quantitative estimate of drug-likeness (QED) is 0.180. The molecule has 1 aliphatic rings. The topological polar surface area (TPSA) is 41.9 Å². The summed E-state index contributed by atoms with van der Waals surface area (Å²) in [6.45, 7) is 3.05. The number of amides is 1. The Bertz CT molecular complexity index is 1730. The van der Waals surface area contributed by atoms with Crippen LogP contribution in [-0.4, -0.2) is 22.5 Å². The van der Waals surface area contributed by atoms with Crippen molar-refractivity contribution < 1.29 is 9.53 Å². The molecule has 0 saturated carbocycles. The van der Waals surface area contributed by atoms with Crippen LogP contribution < -0.4 is 4.74 Å². The van der Waals surface area contributed by atoms with Gasteiger partial charge in [0, 0.05) is 12.1 Å². The predicted octanol–water partition coefficient (Wildman–Crippen LogP) is 8.57. The number of thioether (sulfide) groups is 1. The maximum absolute atomic E-state index is 13.9. The Balaban J connectivity index is 1.37. The fourth-order valence-electron chi connectivity index (χ4n) is 4.82. The lowest BCUT2D eigenvalue weighted by Crippen LogP contribution is -2.31. The van der Waals surface area contributed by atoms with Crippen LogP contribution >= 0.6 is 11.8 Å². The van der Waals surface area contributed by atoms with Gasteiger partial charge < -0.3 is 4.74 Å².